The Kier molecular flexibility index (Phi) is 4.72. The number of amides is 1. The molecule has 0 aliphatic heterocycles. The highest BCUT2D eigenvalue weighted by molar-refractivity contribution is 5.97. The molecule has 0 bridgehead atoms. The van der Waals surface area contributed by atoms with Crippen molar-refractivity contribution in [1.82, 2.24) is 0 Å². The third-order valence-electron chi connectivity index (χ3n) is 3.25. The molecule has 1 aromatic carbocycles. The monoisotopic (exact) mass is 287 g/mol. The molecule has 1 amide bonds. The average Bonchev–Trinajstić information content (AvgIpc) is 2.39. The number of nitro benzene ring substituents is 1. The van der Waals surface area contributed by atoms with Crippen molar-refractivity contribution in [3.63, 3.8) is 0 Å². The van der Waals surface area contributed by atoms with Crippen molar-refractivity contribution in [1.29, 1.82) is 0 Å². The molecule has 1 rings (SSSR count). The summed E-state index contributed by atoms with van der Waals surface area (Å²) in [5, 5.41) is 12.9. The zero-order chi connectivity index (χ0) is 15.5. The van der Waals surface area contributed by atoms with E-state index in [1.54, 1.807) is 13.8 Å². The topological polar surface area (TPSA) is 98.3 Å². The van der Waals surface area contributed by atoms with E-state index in [0.29, 0.717) is 18.6 Å². The van der Waals surface area contributed by atoms with E-state index in [1.165, 1.54) is 0 Å². The molecule has 0 heterocycles. The Morgan fingerprint density at radius 1 is 1.50 bits per heavy atom. The van der Waals surface area contributed by atoms with Gasteiger partial charge in [0.05, 0.1) is 16.4 Å². The summed E-state index contributed by atoms with van der Waals surface area (Å²) in [6.45, 7) is 3.25. The van der Waals surface area contributed by atoms with Gasteiger partial charge in [-0.2, -0.15) is 0 Å². The highest BCUT2D eigenvalue weighted by Gasteiger charge is 2.32. The predicted molar refractivity (Wildman–Crippen MR) is 69.1 cm³/mol. The van der Waals surface area contributed by atoms with E-state index >= 15 is 0 Å². The minimum Gasteiger partial charge on any atom is -0.329 e. The number of nitro groups is 1. The molecule has 0 aliphatic carbocycles. The maximum atomic E-state index is 13.6. The van der Waals surface area contributed by atoms with E-state index in [1.807, 2.05) is 0 Å². The van der Waals surface area contributed by atoms with Crippen molar-refractivity contribution in [3.8, 4) is 0 Å². The van der Waals surface area contributed by atoms with Crippen LogP contribution in [-0.4, -0.2) is 17.4 Å². The summed E-state index contributed by atoms with van der Waals surface area (Å²) >= 11 is 0. The van der Waals surface area contributed by atoms with Gasteiger partial charge in [-0.3, -0.25) is 14.9 Å². The molecule has 0 spiro atoms. The van der Waals surface area contributed by atoms with Crippen LogP contribution in [0.15, 0.2) is 12.1 Å². The molecule has 0 aliphatic rings. The molecule has 20 heavy (non-hydrogen) atoms. The Morgan fingerprint density at radius 2 is 2.10 bits per heavy atom. The number of nitrogens with two attached hydrogens (primary N) is 1. The molecule has 0 radical (unpaired) electrons. The Morgan fingerprint density at radius 3 is 2.55 bits per heavy atom. The largest absolute Gasteiger partial charge is 0.329 e. The van der Waals surface area contributed by atoms with Crippen molar-refractivity contribution in [2.24, 2.45) is 11.1 Å². The first-order valence-electron chi connectivity index (χ1n) is 5.90. The van der Waals surface area contributed by atoms with Gasteiger partial charge in [-0.25, -0.2) is 8.78 Å². The van der Waals surface area contributed by atoms with Crippen LogP contribution in [0.4, 0.5) is 20.2 Å². The summed E-state index contributed by atoms with van der Waals surface area (Å²) in [5.74, 6) is -2.96. The van der Waals surface area contributed by atoms with Crippen LogP contribution >= 0.6 is 0 Å². The fourth-order valence-corrected chi connectivity index (χ4v) is 1.49. The Hall–Kier alpha value is -2.09. The second-order valence-corrected chi connectivity index (χ2v) is 4.61. The number of benzene rings is 1. The lowest BCUT2D eigenvalue weighted by molar-refractivity contribution is -0.384. The van der Waals surface area contributed by atoms with Crippen LogP contribution in [-0.2, 0) is 4.79 Å². The summed E-state index contributed by atoms with van der Waals surface area (Å²) < 4.78 is 26.6. The number of nitrogens with one attached hydrogen (secondary N) is 1. The number of carbonyl (C=O) groups excluding carboxylic acids is 1. The lowest BCUT2D eigenvalue weighted by Gasteiger charge is -2.24. The minimum absolute atomic E-state index is 0.00799. The number of hydrogen-bond acceptors (Lipinski definition) is 4. The standard InChI is InChI=1S/C12H15F2N3O3/c1-3-12(2,6-15)11(18)16-10-8(14)4-7(13)5-9(10)17(19)20/h4-5H,3,6,15H2,1-2H3,(H,16,18). The number of rotatable bonds is 5. The third kappa shape index (κ3) is 3.08. The second-order valence-electron chi connectivity index (χ2n) is 4.61. The zero-order valence-electron chi connectivity index (χ0n) is 11.1. The average molecular weight is 287 g/mol. The van der Waals surface area contributed by atoms with Crippen LogP contribution in [0.25, 0.3) is 0 Å². The van der Waals surface area contributed by atoms with Crippen LogP contribution in [0.1, 0.15) is 20.3 Å². The van der Waals surface area contributed by atoms with Gasteiger partial charge in [-0.1, -0.05) is 6.92 Å². The van der Waals surface area contributed by atoms with Crippen LogP contribution in [0.5, 0.6) is 0 Å². The fourth-order valence-electron chi connectivity index (χ4n) is 1.49. The maximum Gasteiger partial charge on any atom is 0.298 e. The quantitative estimate of drug-likeness (QED) is 0.640. The number of hydrogen-bond donors (Lipinski definition) is 2. The minimum atomic E-state index is -1.21. The summed E-state index contributed by atoms with van der Waals surface area (Å²) in [6.07, 6.45) is 0.367. The first kappa shape index (κ1) is 16.0. The molecule has 1 unspecified atom stereocenters. The lowest BCUT2D eigenvalue weighted by atomic mass is 9.86. The number of carbonyl (C=O) groups is 1. The number of halogens is 2. The fraction of sp³-hybridized carbons (Fsp3) is 0.417. The van der Waals surface area contributed by atoms with E-state index in [-0.39, 0.29) is 6.54 Å². The molecular weight excluding hydrogens is 272 g/mol. The highest BCUT2D eigenvalue weighted by Crippen LogP contribution is 2.31. The smallest absolute Gasteiger partial charge is 0.298 e. The highest BCUT2D eigenvalue weighted by atomic mass is 19.1. The lowest BCUT2D eigenvalue weighted by Crippen LogP contribution is -2.39. The predicted octanol–water partition coefficient (Wildman–Crippen LogP) is 2.19. The van der Waals surface area contributed by atoms with Crippen LogP contribution in [0.3, 0.4) is 0 Å². The summed E-state index contributed by atoms with van der Waals surface area (Å²) in [6, 6.07) is 1.01. The molecule has 8 heteroatoms. The molecule has 0 saturated carbocycles. The van der Waals surface area contributed by atoms with Gasteiger partial charge in [0.1, 0.15) is 5.82 Å². The van der Waals surface area contributed by atoms with Gasteiger partial charge in [-0.05, 0) is 13.3 Å². The number of anilines is 1. The molecule has 0 aromatic heterocycles. The summed E-state index contributed by atoms with van der Waals surface area (Å²) in [7, 11) is 0. The van der Waals surface area contributed by atoms with Crippen molar-refractivity contribution >= 4 is 17.3 Å². The van der Waals surface area contributed by atoms with Crippen LogP contribution < -0.4 is 11.1 Å². The molecule has 110 valence electrons. The Balaban J connectivity index is 3.22. The van der Waals surface area contributed by atoms with Gasteiger partial charge < -0.3 is 11.1 Å². The van der Waals surface area contributed by atoms with Crippen molar-refractivity contribution in [2.75, 3.05) is 11.9 Å². The first-order chi connectivity index (χ1) is 9.25. The number of nitrogens with zero attached hydrogens (tertiary/aromatic N) is 1. The van der Waals surface area contributed by atoms with Crippen molar-refractivity contribution in [2.45, 2.75) is 20.3 Å². The second kappa shape index (κ2) is 5.91. The molecule has 1 atom stereocenters. The maximum absolute atomic E-state index is 13.6. The van der Waals surface area contributed by atoms with Gasteiger partial charge in [0.15, 0.2) is 11.5 Å². The summed E-state index contributed by atoms with van der Waals surface area (Å²) in [5.41, 5.74) is 2.99. The first-order valence-corrected chi connectivity index (χ1v) is 5.90. The molecule has 0 fully saturated rings. The van der Waals surface area contributed by atoms with E-state index in [2.05, 4.69) is 5.32 Å². The van der Waals surface area contributed by atoms with Gasteiger partial charge in [0.25, 0.3) is 5.69 Å². The third-order valence-corrected chi connectivity index (χ3v) is 3.25. The SMILES string of the molecule is CCC(C)(CN)C(=O)Nc1c(F)cc(F)cc1[N+](=O)[O-]. The Labute approximate surface area is 114 Å². The van der Waals surface area contributed by atoms with Crippen LogP contribution in [0, 0.1) is 27.2 Å². The Bertz CT molecular complexity index is 545. The van der Waals surface area contributed by atoms with Gasteiger partial charge >= 0.3 is 0 Å². The van der Waals surface area contributed by atoms with Crippen molar-refractivity contribution < 1.29 is 18.5 Å². The van der Waals surface area contributed by atoms with Gasteiger partial charge in [-0.15, -0.1) is 0 Å². The molecular formula is C12H15F2N3O3. The van der Waals surface area contributed by atoms with E-state index in [4.69, 9.17) is 5.73 Å². The van der Waals surface area contributed by atoms with Crippen molar-refractivity contribution in [3.05, 3.63) is 33.9 Å². The van der Waals surface area contributed by atoms with Gasteiger partial charge in [0.2, 0.25) is 5.91 Å². The molecule has 0 saturated heterocycles. The van der Waals surface area contributed by atoms with Gasteiger partial charge in [0, 0.05) is 12.6 Å². The normalized spacial score (nSPS) is 13.7. The summed E-state index contributed by atoms with van der Waals surface area (Å²) in [4.78, 5) is 21.9. The molecule has 3 N–H and O–H groups in total. The molecule has 1 aromatic rings. The van der Waals surface area contributed by atoms with E-state index in [9.17, 15) is 23.7 Å². The van der Waals surface area contributed by atoms with E-state index < -0.39 is 39.3 Å². The zero-order valence-corrected chi connectivity index (χ0v) is 11.1. The van der Waals surface area contributed by atoms with Crippen LogP contribution in [0.2, 0.25) is 0 Å². The molecule has 6 nitrogen and oxygen atoms in total. The van der Waals surface area contributed by atoms with E-state index in [0.717, 1.165) is 0 Å².